The van der Waals surface area contributed by atoms with Crippen LogP contribution in [0.3, 0.4) is 0 Å². The number of anilines is 3. The number of carbonyl (C=O) groups is 2. The molecule has 1 aromatic heterocycles. The Morgan fingerprint density at radius 1 is 1.03 bits per heavy atom. The first kappa shape index (κ1) is 23.1. The summed E-state index contributed by atoms with van der Waals surface area (Å²) in [7, 11) is 0. The lowest BCUT2D eigenvalue weighted by Crippen LogP contribution is -2.16. The van der Waals surface area contributed by atoms with E-state index in [0.29, 0.717) is 27.3 Å². The summed E-state index contributed by atoms with van der Waals surface area (Å²) in [6, 6.07) is 12.7. The first-order chi connectivity index (χ1) is 15.9. The lowest BCUT2D eigenvalue weighted by Gasteiger charge is -2.28. The van der Waals surface area contributed by atoms with Gasteiger partial charge < -0.3 is 20.2 Å². The topological polar surface area (TPSA) is 117 Å². The molecule has 4 rings (SSSR count). The molecule has 0 spiro atoms. The van der Waals surface area contributed by atoms with Crippen LogP contribution in [-0.4, -0.2) is 27.2 Å². The van der Waals surface area contributed by atoms with Crippen molar-refractivity contribution in [3.8, 4) is 0 Å². The third-order valence-corrected chi connectivity index (χ3v) is 6.58. The predicted molar refractivity (Wildman–Crippen MR) is 125 cm³/mol. The standard InChI is InChI=1S/C23H22Cl2N4O4/c24-17-2-1-3-18(20(17)25)27-23-29-28-22(33-23)21(32)26-16-10-8-15(9-11-16)14-6-4-13(5-7-14)12-19(30)31/h1-3,8-11,13-14H,4-7,12H2,(H,26,32)(H,27,29)(H,30,31)/t13-,14-. The number of hydrogen-bond donors (Lipinski definition) is 3. The highest BCUT2D eigenvalue weighted by atomic mass is 35.5. The summed E-state index contributed by atoms with van der Waals surface area (Å²) in [5.41, 5.74) is 2.27. The van der Waals surface area contributed by atoms with Gasteiger partial charge in [-0.1, -0.05) is 46.5 Å². The number of nitrogens with zero attached hydrogens (tertiary/aromatic N) is 2. The van der Waals surface area contributed by atoms with Crippen LogP contribution in [0.25, 0.3) is 0 Å². The minimum absolute atomic E-state index is 0.0122. The summed E-state index contributed by atoms with van der Waals surface area (Å²) in [6.45, 7) is 0. The van der Waals surface area contributed by atoms with E-state index in [2.05, 4.69) is 20.8 Å². The van der Waals surface area contributed by atoms with Crippen molar-refractivity contribution in [3.05, 3.63) is 64.0 Å². The lowest BCUT2D eigenvalue weighted by molar-refractivity contribution is -0.138. The van der Waals surface area contributed by atoms with Gasteiger partial charge in [-0.05, 0) is 67.3 Å². The molecule has 1 fully saturated rings. The number of aliphatic carboxylic acids is 1. The molecule has 172 valence electrons. The van der Waals surface area contributed by atoms with Crippen LogP contribution >= 0.6 is 23.2 Å². The highest BCUT2D eigenvalue weighted by molar-refractivity contribution is 6.43. The highest BCUT2D eigenvalue weighted by Gasteiger charge is 2.24. The third kappa shape index (κ3) is 5.83. The summed E-state index contributed by atoms with van der Waals surface area (Å²) in [4.78, 5) is 23.4. The molecule has 0 atom stereocenters. The molecule has 8 nitrogen and oxygen atoms in total. The first-order valence-electron chi connectivity index (χ1n) is 10.6. The fraction of sp³-hybridized carbons (Fsp3) is 0.304. The van der Waals surface area contributed by atoms with Crippen LogP contribution in [0.2, 0.25) is 10.0 Å². The third-order valence-electron chi connectivity index (χ3n) is 5.76. The minimum atomic E-state index is -0.726. The molecule has 3 N–H and O–H groups in total. The zero-order chi connectivity index (χ0) is 23.4. The van der Waals surface area contributed by atoms with Crippen molar-refractivity contribution in [2.24, 2.45) is 5.92 Å². The van der Waals surface area contributed by atoms with Gasteiger partial charge >= 0.3 is 23.8 Å². The second-order valence-electron chi connectivity index (χ2n) is 8.03. The van der Waals surface area contributed by atoms with E-state index in [1.54, 1.807) is 18.2 Å². The molecule has 1 heterocycles. The molecule has 1 amide bonds. The molecule has 0 saturated heterocycles. The van der Waals surface area contributed by atoms with Crippen LogP contribution in [0.4, 0.5) is 17.4 Å². The molecule has 3 aromatic rings. The summed E-state index contributed by atoms with van der Waals surface area (Å²) in [5.74, 6) is -0.786. The largest absolute Gasteiger partial charge is 0.481 e. The van der Waals surface area contributed by atoms with Gasteiger partial charge in [0.15, 0.2) is 0 Å². The first-order valence-corrected chi connectivity index (χ1v) is 11.3. The molecule has 1 saturated carbocycles. The van der Waals surface area contributed by atoms with Crippen molar-refractivity contribution in [1.29, 1.82) is 0 Å². The second kappa shape index (κ2) is 10.2. The van der Waals surface area contributed by atoms with E-state index in [1.165, 1.54) is 5.56 Å². The number of rotatable bonds is 7. The van der Waals surface area contributed by atoms with Gasteiger partial charge in [0.25, 0.3) is 0 Å². The van der Waals surface area contributed by atoms with Crippen molar-refractivity contribution >= 4 is 52.5 Å². The van der Waals surface area contributed by atoms with E-state index in [4.69, 9.17) is 32.7 Å². The van der Waals surface area contributed by atoms with Crippen molar-refractivity contribution in [3.63, 3.8) is 0 Å². The maximum absolute atomic E-state index is 12.5. The number of halogens is 2. The van der Waals surface area contributed by atoms with Crippen LogP contribution in [0, 0.1) is 5.92 Å². The predicted octanol–water partition coefficient (Wildman–Crippen LogP) is 6.12. The Bertz CT molecular complexity index is 1140. The van der Waals surface area contributed by atoms with Gasteiger partial charge in [0.2, 0.25) is 0 Å². The molecular formula is C23H22Cl2N4O4. The number of nitrogens with one attached hydrogen (secondary N) is 2. The van der Waals surface area contributed by atoms with Gasteiger partial charge in [0.05, 0.1) is 15.7 Å². The van der Waals surface area contributed by atoms with E-state index in [9.17, 15) is 9.59 Å². The summed E-state index contributed by atoms with van der Waals surface area (Å²) >= 11 is 12.1. The van der Waals surface area contributed by atoms with Gasteiger partial charge in [0, 0.05) is 12.1 Å². The summed E-state index contributed by atoms with van der Waals surface area (Å²) in [5, 5.41) is 22.8. The molecular weight excluding hydrogens is 467 g/mol. The fourth-order valence-corrected chi connectivity index (χ4v) is 4.40. The highest BCUT2D eigenvalue weighted by Crippen LogP contribution is 2.37. The molecule has 0 aliphatic heterocycles. The maximum atomic E-state index is 12.5. The molecule has 0 radical (unpaired) electrons. The van der Waals surface area contributed by atoms with Crippen molar-refractivity contribution in [1.82, 2.24) is 10.2 Å². The summed E-state index contributed by atoms with van der Waals surface area (Å²) in [6.07, 6.45) is 4.03. The fourth-order valence-electron chi connectivity index (χ4n) is 4.05. The molecule has 10 heteroatoms. The van der Waals surface area contributed by atoms with Gasteiger partial charge in [-0.15, -0.1) is 5.10 Å². The van der Waals surface area contributed by atoms with Crippen molar-refractivity contribution in [2.75, 3.05) is 10.6 Å². The quantitative estimate of drug-likeness (QED) is 0.366. The van der Waals surface area contributed by atoms with Gasteiger partial charge in [-0.2, -0.15) is 0 Å². The Labute approximate surface area is 200 Å². The van der Waals surface area contributed by atoms with E-state index < -0.39 is 11.9 Å². The number of hydrogen-bond acceptors (Lipinski definition) is 6. The van der Waals surface area contributed by atoms with Gasteiger partial charge in [-0.3, -0.25) is 9.59 Å². The molecule has 2 aromatic carbocycles. The van der Waals surface area contributed by atoms with Crippen LogP contribution < -0.4 is 10.6 Å². The van der Waals surface area contributed by atoms with Crippen LogP contribution in [0.15, 0.2) is 46.9 Å². The molecule has 0 bridgehead atoms. The SMILES string of the molecule is O=C(O)C[C@H]1CC[C@H](c2ccc(NC(=O)c3nnc(Nc4cccc(Cl)c4Cl)o3)cc2)CC1. The van der Waals surface area contributed by atoms with E-state index in [1.807, 2.05) is 24.3 Å². The van der Waals surface area contributed by atoms with E-state index in [0.717, 1.165) is 25.7 Å². The average Bonchev–Trinajstić information content (AvgIpc) is 3.26. The number of carboxylic acids is 1. The molecule has 33 heavy (non-hydrogen) atoms. The Balaban J connectivity index is 1.33. The molecule has 0 unspecified atom stereocenters. The number of amides is 1. The monoisotopic (exact) mass is 488 g/mol. The normalized spacial score (nSPS) is 18.0. The smallest absolute Gasteiger partial charge is 0.320 e. The second-order valence-corrected chi connectivity index (χ2v) is 8.82. The van der Waals surface area contributed by atoms with Crippen LogP contribution in [0.5, 0.6) is 0 Å². The Morgan fingerprint density at radius 3 is 2.45 bits per heavy atom. The Kier molecular flexibility index (Phi) is 7.15. The Hall–Kier alpha value is -3.10. The molecule has 1 aliphatic rings. The van der Waals surface area contributed by atoms with Gasteiger partial charge in [0.1, 0.15) is 0 Å². The molecule has 1 aliphatic carbocycles. The van der Waals surface area contributed by atoms with Crippen molar-refractivity contribution < 1.29 is 19.1 Å². The Morgan fingerprint density at radius 2 is 1.76 bits per heavy atom. The minimum Gasteiger partial charge on any atom is -0.481 e. The lowest BCUT2D eigenvalue weighted by atomic mass is 9.77. The zero-order valence-electron chi connectivity index (χ0n) is 17.6. The van der Waals surface area contributed by atoms with Crippen molar-refractivity contribution in [2.45, 2.75) is 38.0 Å². The van der Waals surface area contributed by atoms with Crippen LogP contribution in [0.1, 0.15) is 54.3 Å². The van der Waals surface area contributed by atoms with E-state index >= 15 is 0 Å². The number of aromatic nitrogens is 2. The average molecular weight is 489 g/mol. The van der Waals surface area contributed by atoms with Crippen LogP contribution in [-0.2, 0) is 4.79 Å². The van der Waals surface area contributed by atoms with E-state index in [-0.39, 0.29) is 24.2 Å². The summed E-state index contributed by atoms with van der Waals surface area (Å²) < 4.78 is 5.38. The number of carbonyl (C=O) groups excluding carboxylic acids is 1. The van der Waals surface area contributed by atoms with Gasteiger partial charge in [-0.25, -0.2) is 0 Å². The zero-order valence-corrected chi connectivity index (χ0v) is 19.1. The number of benzene rings is 2. The maximum Gasteiger partial charge on any atom is 0.320 e. The number of carboxylic acid groups (broad SMARTS) is 1.